The van der Waals surface area contributed by atoms with Crippen molar-refractivity contribution in [3.63, 3.8) is 0 Å². The Kier molecular flexibility index (Phi) is 4.37. The molecule has 0 bridgehead atoms. The summed E-state index contributed by atoms with van der Waals surface area (Å²) < 4.78 is 5.31. The van der Waals surface area contributed by atoms with Crippen LogP contribution in [0, 0.1) is 6.92 Å². The molecule has 0 radical (unpaired) electrons. The second-order valence-electron chi connectivity index (χ2n) is 5.12. The number of aryl methyl sites for hydroxylation is 1. The second kappa shape index (κ2) is 6.02. The molecule has 19 heavy (non-hydrogen) atoms. The van der Waals surface area contributed by atoms with E-state index in [0.29, 0.717) is 12.3 Å². The van der Waals surface area contributed by atoms with Gasteiger partial charge in [-0.15, -0.1) is 0 Å². The van der Waals surface area contributed by atoms with Crippen molar-refractivity contribution < 1.29 is 9.53 Å². The number of rotatable bonds is 5. The molecular formula is C14H21N3O2. The van der Waals surface area contributed by atoms with Crippen LogP contribution in [0.3, 0.4) is 0 Å². The maximum absolute atomic E-state index is 11.2. The maximum Gasteiger partial charge on any atom is 0.220 e. The highest BCUT2D eigenvalue weighted by molar-refractivity contribution is 5.78. The second-order valence-corrected chi connectivity index (χ2v) is 5.12. The van der Waals surface area contributed by atoms with Crippen molar-refractivity contribution in [2.75, 3.05) is 20.7 Å². The Morgan fingerprint density at radius 2 is 2.32 bits per heavy atom. The molecule has 0 saturated carbocycles. The molecule has 0 unspecified atom stereocenters. The Morgan fingerprint density at radius 1 is 1.53 bits per heavy atom. The van der Waals surface area contributed by atoms with Crippen LogP contribution in [0.15, 0.2) is 12.1 Å². The molecule has 1 saturated heterocycles. The molecule has 104 valence electrons. The van der Waals surface area contributed by atoms with Gasteiger partial charge < -0.3 is 10.1 Å². The van der Waals surface area contributed by atoms with Gasteiger partial charge in [-0.2, -0.15) is 0 Å². The van der Waals surface area contributed by atoms with Crippen molar-refractivity contribution in [3.8, 4) is 5.88 Å². The van der Waals surface area contributed by atoms with E-state index in [1.807, 2.05) is 26.1 Å². The summed E-state index contributed by atoms with van der Waals surface area (Å²) in [5.41, 5.74) is 2.02. The van der Waals surface area contributed by atoms with Crippen molar-refractivity contribution in [2.24, 2.45) is 0 Å². The van der Waals surface area contributed by atoms with Crippen LogP contribution in [0.2, 0.25) is 0 Å². The van der Waals surface area contributed by atoms with Crippen LogP contribution in [0.1, 0.15) is 24.1 Å². The molecule has 1 N–H and O–H groups in total. The van der Waals surface area contributed by atoms with Crippen molar-refractivity contribution in [2.45, 2.75) is 32.4 Å². The van der Waals surface area contributed by atoms with E-state index in [1.54, 1.807) is 7.11 Å². The molecule has 1 fully saturated rings. The number of carbonyl (C=O) groups is 1. The number of amides is 1. The third kappa shape index (κ3) is 3.67. The molecule has 5 nitrogen and oxygen atoms in total. The third-order valence-corrected chi connectivity index (χ3v) is 3.33. The lowest BCUT2D eigenvalue weighted by atomic mass is 10.2. The number of aromatic nitrogens is 1. The van der Waals surface area contributed by atoms with Crippen LogP contribution in [-0.4, -0.2) is 42.5 Å². The van der Waals surface area contributed by atoms with Gasteiger partial charge in [0.15, 0.2) is 0 Å². The fourth-order valence-electron chi connectivity index (χ4n) is 2.40. The fraction of sp³-hybridized carbons (Fsp3) is 0.571. The molecule has 1 aromatic heterocycles. The number of carbonyl (C=O) groups excluding carboxylic acids is 1. The highest BCUT2D eigenvalue weighted by atomic mass is 16.5. The molecule has 1 amide bonds. The molecule has 0 aromatic carbocycles. The van der Waals surface area contributed by atoms with Crippen LogP contribution < -0.4 is 10.1 Å². The number of nitrogens with one attached hydrogen (secondary N) is 1. The van der Waals surface area contributed by atoms with Crippen LogP contribution in [0.4, 0.5) is 0 Å². The zero-order valence-corrected chi connectivity index (χ0v) is 11.8. The van der Waals surface area contributed by atoms with E-state index in [0.717, 1.165) is 30.8 Å². The Hall–Kier alpha value is -1.62. The normalized spacial score (nSPS) is 18.7. The van der Waals surface area contributed by atoms with Crippen molar-refractivity contribution in [1.29, 1.82) is 0 Å². The Labute approximate surface area is 114 Å². The van der Waals surface area contributed by atoms with Gasteiger partial charge in [-0.05, 0) is 26.5 Å². The average molecular weight is 263 g/mol. The van der Waals surface area contributed by atoms with Crippen LogP contribution in [0.5, 0.6) is 5.88 Å². The van der Waals surface area contributed by atoms with Gasteiger partial charge in [0.05, 0.1) is 7.11 Å². The molecule has 1 atom stereocenters. The van der Waals surface area contributed by atoms with Gasteiger partial charge in [-0.3, -0.25) is 9.69 Å². The topological polar surface area (TPSA) is 54.5 Å². The van der Waals surface area contributed by atoms with Crippen molar-refractivity contribution in [3.05, 3.63) is 23.4 Å². The molecule has 1 aliphatic rings. The quantitative estimate of drug-likeness (QED) is 0.864. The van der Waals surface area contributed by atoms with E-state index in [4.69, 9.17) is 4.74 Å². The largest absolute Gasteiger partial charge is 0.481 e. The number of nitrogens with zero attached hydrogens (tertiary/aromatic N) is 2. The highest BCUT2D eigenvalue weighted by Crippen LogP contribution is 2.18. The van der Waals surface area contributed by atoms with E-state index in [-0.39, 0.29) is 11.9 Å². The SMILES string of the molecule is COc1nc(C)ccc1CN(C)C[C@@H]1CCC(=O)N1. The molecular weight excluding hydrogens is 242 g/mol. The predicted octanol–water partition coefficient (Wildman–Crippen LogP) is 1.11. The average Bonchev–Trinajstić information content (AvgIpc) is 2.76. The van der Waals surface area contributed by atoms with Crippen LogP contribution in [0.25, 0.3) is 0 Å². The zero-order valence-electron chi connectivity index (χ0n) is 11.8. The number of ether oxygens (including phenoxy) is 1. The summed E-state index contributed by atoms with van der Waals surface area (Å²) >= 11 is 0. The van der Waals surface area contributed by atoms with E-state index < -0.39 is 0 Å². The minimum atomic E-state index is 0.160. The summed E-state index contributed by atoms with van der Waals surface area (Å²) in [5.74, 6) is 0.843. The molecule has 5 heteroatoms. The Balaban J connectivity index is 1.94. The number of methoxy groups -OCH3 is 1. The molecule has 0 spiro atoms. The molecule has 2 rings (SSSR count). The molecule has 0 aliphatic carbocycles. The van der Waals surface area contributed by atoms with E-state index in [1.165, 1.54) is 0 Å². The number of hydrogen-bond acceptors (Lipinski definition) is 4. The smallest absolute Gasteiger partial charge is 0.220 e. The monoisotopic (exact) mass is 263 g/mol. The lowest BCUT2D eigenvalue weighted by Gasteiger charge is -2.21. The van der Waals surface area contributed by atoms with E-state index in [2.05, 4.69) is 15.2 Å². The molecule has 1 aromatic rings. The number of hydrogen-bond donors (Lipinski definition) is 1. The summed E-state index contributed by atoms with van der Waals surface area (Å²) in [4.78, 5) is 17.7. The summed E-state index contributed by atoms with van der Waals surface area (Å²) in [7, 11) is 3.69. The zero-order chi connectivity index (χ0) is 13.8. The van der Waals surface area contributed by atoms with Gasteiger partial charge in [0.25, 0.3) is 0 Å². The van der Waals surface area contributed by atoms with Crippen molar-refractivity contribution >= 4 is 5.91 Å². The molecule has 1 aliphatic heterocycles. The Bertz CT molecular complexity index is 462. The van der Waals surface area contributed by atoms with E-state index in [9.17, 15) is 4.79 Å². The van der Waals surface area contributed by atoms with Gasteiger partial charge in [0, 0.05) is 36.8 Å². The van der Waals surface area contributed by atoms with Gasteiger partial charge in [0.1, 0.15) is 0 Å². The highest BCUT2D eigenvalue weighted by Gasteiger charge is 2.22. The summed E-state index contributed by atoms with van der Waals surface area (Å²) in [5, 5.41) is 2.98. The minimum Gasteiger partial charge on any atom is -0.481 e. The Morgan fingerprint density at radius 3 is 2.95 bits per heavy atom. The standard InChI is InChI=1S/C14H21N3O2/c1-10-4-5-11(14(15-10)19-3)8-17(2)9-12-6-7-13(18)16-12/h4-5,12H,6-9H2,1-3H3,(H,16,18)/t12-/m0/s1. The number of pyridine rings is 1. The van der Waals surface area contributed by atoms with E-state index >= 15 is 0 Å². The van der Waals surface area contributed by atoms with Gasteiger partial charge in [0.2, 0.25) is 11.8 Å². The van der Waals surface area contributed by atoms with Crippen molar-refractivity contribution in [1.82, 2.24) is 15.2 Å². The lowest BCUT2D eigenvalue weighted by molar-refractivity contribution is -0.119. The first-order valence-electron chi connectivity index (χ1n) is 6.57. The summed E-state index contributed by atoms with van der Waals surface area (Å²) in [6.07, 6.45) is 1.57. The van der Waals surface area contributed by atoms with Gasteiger partial charge >= 0.3 is 0 Å². The summed E-state index contributed by atoms with van der Waals surface area (Å²) in [6.45, 7) is 3.57. The molecule has 2 heterocycles. The van der Waals surface area contributed by atoms with Gasteiger partial charge in [-0.25, -0.2) is 4.98 Å². The first-order valence-corrected chi connectivity index (χ1v) is 6.57. The van der Waals surface area contributed by atoms with Crippen LogP contribution in [-0.2, 0) is 11.3 Å². The fourth-order valence-corrected chi connectivity index (χ4v) is 2.40. The first kappa shape index (κ1) is 13.8. The minimum absolute atomic E-state index is 0.160. The predicted molar refractivity (Wildman–Crippen MR) is 73.0 cm³/mol. The number of likely N-dealkylation sites (N-methyl/N-ethyl adjacent to an activating group) is 1. The lowest BCUT2D eigenvalue weighted by Crippen LogP contribution is -2.36. The maximum atomic E-state index is 11.2. The first-order chi connectivity index (χ1) is 9.08. The van der Waals surface area contributed by atoms with Gasteiger partial charge in [-0.1, -0.05) is 6.07 Å². The van der Waals surface area contributed by atoms with Crippen LogP contribution >= 0.6 is 0 Å². The third-order valence-electron chi connectivity index (χ3n) is 3.33. The summed E-state index contributed by atoms with van der Waals surface area (Å²) in [6, 6.07) is 4.30.